The van der Waals surface area contributed by atoms with Gasteiger partial charge in [0, 0.05) is 6.42 Å². The van der Waals surface area contributed by atoms with Crippen LogP contribution in [-0.2, 0) is 4.79 Å². The van der Waals surface area contributed by atoms with Gasteiger partial charge in [0.25, 0.3) is 0 Å². The Morgan fingerprint density at radius 1 is 0.963 bits per heavy atom. The lowest BCUT2D eigenvalue weighted by molar-refractivity contribution is -0.147. The summed E-state index contributed by atoms with van der Waals surface area (Å²) in [5.74, 6) is 4.09. The molecule has 2 N–H and O–H groups in total. The molecule has 0 saturated heterocycles. The van der Waals surface area contributed by atoms with Gasteiger partial charge in [-0.3, -0.25) is 4.79 Å². The molecule has 0 bridgehead atoms. The molecular weight excluding hydrogens is 336 g/mol. The first-order chi connectivity index (χ1) is 12.8. The van der Waals surface area contributed by atoms with Crippen molar-refractivity contribution in [2.75, 3.05) is 0 Å². The van der Waals surface area contributed by atoms with Crippen molar-refractivity contribution in [3.05, 3.63) is 0 Å². The van der Waals surface area contributed by atoms with E-state index in [1.807, 2.05) is 0 Å². The zero-order valence-electron chi connectivity index (χ0n) is 17.6. The molecule has 4 unspecified atom stereocenters. The normalized spacial score (nSPS) is 51.9. The molecule has 3 heteroatoms. The molecule has 4 saturated carbocycles. The molecule has 4 rings (SSSR count). The maximum atomic E-state index is 10.9. The van der Waals surface area contributed by atoms with Gasteiger partial charge in [-0.1, -0.05) is 20.8 Å². The Morgan fingerprint density at radius 3 is 2.41 bits per heavy atom. The average molecular weight is 377 g/mol. The first-order valence-corrected chi connectivity index (χ1v) is 11.7. The van der Waals surface area contributed by atoms with Gasteiger partial charge in [-0.2, -0.15) is 0 Å². The highest BCUT2D eigenvalue weighted by Crippen LogP contribution is 2.68. The highest BCUT2D eigenvalue weighted by molar-refractivity contribution is 5.66. The molecule has 4 aliphatic carbocycles. The summed E-state index contributed by atoms with van der Waals surface area (Å²) < 4.78 is 0. The van der Waals surface area contributed by atoms with Crippen molar-refractivity contribution in [1.29, 1.82) is 0 Å². The van der Waals surface area contributed by atoms with Crippen LogP contribution in [0.2, 0.25) is 0 Å². The maximum Gasteiger partial charge on any atom is 0.303 e. The van der Waals surface area contributed by atoms with Crippen LogP contribution in [0.15, 0.2) is 0 Å². The Balaban J connectivity index is 1.52. The van der Waals surface area contributed by atoms with E-state index in [0.717, 1.165) is 55.3 Å². The van der Waals surface area contributed by atoms with E-state index in [1.165, 1.54) is 38.5 Å². The van der Waals surface area contributed by atoms with Crippen LogP contribution < -0.4 is 0 Å². The fraction of sp³-hybridized carbons (Fsp3) is 0.958. The fourth-order valence-electron chi connectivity index (χ4n) is 8.80. The summed E-state index contributed by atoms with van der Waals surface area (Å²) in [4.78, 5) is 10.9. The number of hydrogen-bond donors (Lipinski definition) is 2. The second kappa shape index (κ2) is 7.04. The average Bonchev–Trinajstić information content (AvgIpc) is 2.93. The molecule has 4 fully saturated rings. The van der Waals surface area contributed by atoms with Crippen molar-refractivity contribution >= 4 is 5.97 Å². The molecule has 4 aliphatic rings. The van der Waals surface area contributed by atoms with E-state index in [1.54, 1.807) is 0 Å². The Morgan fingerprint density at radius 2 is 1.67 bits per heavy atom. The minimum Gasteiger partial charge on any atom is -0.481 e. The third-order valence-corrected chi connectivity index (χ3v) is 10.1. The fourth-order valence-corrected chi connectivity index (χ4v) is 8.80. The predicted octanol–water partition coefficient (Wildman–Crippen LogP) is 5.51. The second-order valence-electron chi connectivity index (χ2n) is 11.2. The number of carboxylic acids is 1. The van der Waals surface area contributed by atoms with Gasteiger partial charge in [0.05, 0.1) is 6.10 Å². The van der Waals surface area contributed by atoms with Crippen LogP contribution in [0.3, 0.4) is 0 Å². The molecule has 0 spiro atoms. The Labute approximate surface area is 165 Å². The van der Waals surface area contributed by atoms with E-state index in [0.29, 0.717) is 23.2 Å². The van der Waals surface area contributed by atoms with Gasteiger partial charge in [0.2, 0.25) is 0 Å². The smallest absolute Gasteiger partial charge is 0.303 e. The SMILES string of the molecule is C[C@H]1CC2C(CC[C@@]3(C)C2CC[C@@H]3CCCC(=O)O)[C@@]2(C)CC[C@@H](O)CC12. The summed E-state index contributed by atoms with van der Waals surface area (Å²) in [6.07, 6.45) is 12.2. The number of aliphatic hydroxyl groups is 1. The molecule has 0 radical (unpaired) electrons. The number of rotatable bonds is 4. The quantitative estimate of drug-likeness (QED) is 0.680. The lowest BCUT2D eigenvalue weighted by atomic mass is 9.43. The zero-order chi connectivity index (χ0) is 19.4. The van der Waals surface area contributed by atoms with E-state index >= 15 is 0 Å². The molecule has 27 heavy (non-hydrogen) atoms. The van der Waals surface area contributed by atoms with Gasteiger partial charge in [-0.25, -0.2) is 0 Å². The van der Waals surface area contributed by atoms with Crippen molar-refractivity contribution in [3.63, 3.8) is 0 Å². The Bertz CT molecular complexity index is 574. The van der Waals surface area contributed by atoms with Crippen molar-refractivity contribution in [1.82, 2.24) is 0 Å². The molecule has 0 aromatic carbocycles. The molecule has 9 atom stereocenters. The van der Waals surface area contributed by atoms with Crippen LogP contribution in [0, 0.1) is 46.3 Å². The van der Waals surface area contributed by atoms with Gasteiger partial charge < -0.3 is 10.2 Å². The Kier molecular flexibility index (Phi) is 5.15. The van der Waals surface area contributed by atoms with Gasteiger partial charge in [-0.05, 0) is 111 Å². The highest BCUT2D eigenvalue weighted by atomic mass is 16.4. The standard InChI is InChI=1S/C24H40O3/c1-15-13-18-19-8-7-16(5-4-6-22(26)27)23(19,2)12-10-20(18)24(3)11-9-17(25)14-21(15)24/h15-21,25H,4-14H2,1-3H3,(H,26,27)/t15-,16-,17+,18?,19?,20?,21?,23+,24+/m0/s1. The molecule has 154 valence electrons. The van der Waals surface area contributed by atoms with Crippen LogP contribution in [0.1, 0.15) is 91.4 Å². The molecule has 0 aliphatic heterocycles. The lowest BCUT2D eigenvalue weighted by Crippen LogP contribution is -2.56. The molecule has 0 heterocycles. The molecule has 0 amide bonds. The van der Waals surface area contributed by atoms with E-state index in [2.05, 4.69) is 20.8 Å². The highest BCUT2D eigenvalue weighted by Gasteiger charge is 2.61. The zero-order valence-corrected chi connectivity index (χ0v) is 17.6. The topological polar surface area (TPSA) is 57.5 Å². The van der Waals surface area contributed by atoms with Crippen molar-refractivity contribution in [3.8, 4) is 0 Å². The van der Waals surface area contributed by atoms with Gasteiger partial charge in [-0.15, -0.1) is 0 Å². The number of fused-ring (bicyclic) bond motifs is 5. The van der Waals surface area contributed by atoms with E-state index in [4.69, 9.17) is 5.11 Å². The van der Waals surface area contributed by atoms with Gasteiger partial charge in [0.1, 0.15) is 0 Å². The molecule has 3 nitrogen and oxygen atoms in total. The second-order valence-corrected chi connectivity index (χ2v) is 11.2. The van der Waals surface area contributed by atoms with Crippen LogP contribution in [0.4, 0.5) is 0 Å². The van der Waals surface area contributed by atoms with Crippen LogP contribution in [0.25, 0.3) is 0 Å². The van der Waals surface area contributed by atoms with Crippen LogP contribution in [0.5, 0.6) is 0 Å². The predicted molar refractivity (Wildman–Crippen MR) is 107 cm³/mol. The third-order valence-electron chi connectivity index (χ3n) is 10.1. The summed E-state index contributed by atoms with van der Waals surface area (Å²) in [6.45, 7) is 7.58. The van der Waals surface area contributed by atoms with Crippen molar-refractivity contribution in [2.24, 2.45) is 46.3 Å². The monoisotopic (exact) mass is 376 g/mol. The summed E-state index contributed by atoms with van der Waals surface area (Å²) in [7, 11) is 0. The molecule has 0 aromatic heterocycles. The van der Waals surface area contributed by atoms with Crippen LogP contribution in [-0.4, -0.2) is 22.3 Å². The maximum absolute atomic E-state index is 10.9. The number of aliphatic hydroxyl groups excluding tert-OH is 1. The van der Waals surface area contributed by atoms with E-state index in [9.17, 15) is 9.90 Å². The summed E-state index contributed by atoms with van der Waals surface area (Å²) >= 11 is 0. The molecular formula is C24H40O3. The largest absolute Gasteiger partial charge is 0.481 e. The first kappa shape index (κ1) is 19.7. The van der Waals surface area contributed by atoms with Crippen LogP contribution >= 0.6 is 0 Å². The van der Waals surface area contributed by atoms with Crippen molar-refractivity contribution < 1.29 is 15.0 Å². The summed E-state index contributed by atoms with van der Waals surface area (Å²) in [6, 6.07) is 0. The third kappa shape index (κ3) is 3.16. The lowest BCUT2D eigenvalue weighted by Gasteiger charge is -2.62. The first-order valence-electron chi connectivity index (χ1n) is 11.7. The van der Waals surface area contributed by atoms with E-state index < -0.39 is 5.97 Å². The summed E-state index contributed by atoms with van der Waals surface area (Å²) in [5, 5.41) is 19.3. The minimum atomic E-state index is -0.641. The minimum absolute atomic E-state index is 0.0685. The van der Waals surface area contributed by atoms with Gasteiger partial charge in [0.15, 0.2) is 0 Å². The number of carboxylic acid groups (broad SMARTS) is 1. The summed E-state index contributed by atoms with van der Waals surface area (Å²) in [5.41, 5.74) is 0.876. The Hall–Kier alpha value is -0.570. The number of hydrogen-bond acceptors (Lipinski definition) is 2. The van der Waals surface area contributed by atoms with E-state index in [-0.39, 0.29) is 6.10 Å². The van der Waals surface area contributed by atoms with Gasteiger partial charge >= 0.3 is 5.97 Å². The number of carbonyl (C=O) groups is 1. The number of aliphatic carboxylic acids is 1. The molecule has 0 aromatic rings. The van der Waals surface area contributed by atoms with Crippen molar-refractivity contribution in [2.45, 2.75) is 97.5 Å².